The summed E-state index contributed by atoms with van der Waals surface area (Å²) in [6.45, 7) is 9.90. The van der Waals surface area contributed by atoms with Crippen LogP contribution in [-0.2, 0) is 6.54 Å². The Morgan fingerprint density at radius 2 is 2.19 bits per heavy atom. The largest absolute Gasteiger partial charge is 0.352 e. The summed E-state index contributed by atoms with van der Waals surface area (Å²) in [5.41, 5.74) is 2.34. The maximum absolute atomic E-state index is 4.91. The lowest BCUT2D eigenvalue weighted by molar-refractivity contribution is 0.624. The molecule has 0 aliphatic carbocycles. The van der Waals surface area contributed by atoms with E-state index in [1.165, 1.54) is 17.9 Å². The molecule has 1 N–H and O–H groups in total. The molecule has 1 saturated heterocycles. The molecule has 0 amide bonds. The van der Waals surface area contributed by atoms with Crippen molar-refractivity contribution >= 4 is 11.5 Å². The molecule has 2 unspecified atom stereocenters. The molecular weight excluding hydrogens is 260 g/mol. The van der Waals surface area contributed by atoms with Crippen molar-refractivity contribution in [1.82, 2.24) is 14.7 Å². The zero-order valence-electron chi connectivity index (χ0n) is 13.3. The van der Waals surface area contributed by atoms with Crippen molar-refractivity contribution in [2.45, 2.75) is 46.2 Å². The third kappa shape index (κ3) is 2.77. The molecule has 4 nitrogen and oxygen atoms in total. The van der Waals surface area contributed by atoms with Crippen molar-refractivity contribution in [1.29, 1.82) is 0 Å². The Morgan fingerprint density at radius 1 is 1.33 bits per heavy atom. The Kier molecular flexibility index (Phi) is 4.15. The van der Waals surface area contributed by atoms with Crippen LogP contribution in [0.15, 0.2) is 24.4 Å². The molecule has 2 aromatic heterocycles. The van der Waals surface area contributed by atoms with E-state index in [0.717, 1.165) is 37.6 Å². The quantitative estimate of drug-likeness (QED) is 0.857. The fourth-order valence-corrected chi connectivity index (χ4v) is 3.41. The van der Waals surface area contributed by atoms with Gasteiger partial charge in [0.25, 0.3) is 0 Å². The van der Waals surface area contributed by atoms with Crippen molar-refractivity contribution < 1.29 is 0 Å². The number of aromatic nitrogens is 2. The van der Waals surface area contributed by atoms with Crippen LogP contribution in [0.4, 0.5) is 5.82 Å². The summed E-state index contributed by atoms with van der Waals surface area (Å²) in [7, 11) is 0. The number of fused-ring (bicyclic) bond motifs is 1. The molecule has 0 aromatic carbocycles. The molecule has 1 aliphatic rings. The monoisotopic (exact) mass is 286 g/mol. The minimum absolute atomic E-state index is 0.579. The molecule has 3 heterocycles. The number of nitrogens with one attached hydrogen (secondary N) is 1. The number of hydrogen-bond acceptors (Lipinski definition) is 3. The van der Waals surface area contributed by atoms with E-state index in [1.54, 1.807) is 0 Å². The van der Waals surface area contributed by atoms with E-state index >= 15 is 0 Å². The van der Waals surface area contributed by atoms with Crippen molar-refractivity contribution in [3.05, 3.63) is 30.1 Å². The first-order chi connectivity index (χ1) is 10.2. The maximum atomic E-state index is 4.91. The van der Waals surface area contributed by atoms with Crippen LogP contribution in [0.2, 0.25) is 0 Å². The Labute approximate surface area is 127 Å². The van der Waals surface area contributed by atoms with Crippen molar-refractivity contribution in [3.8, 4) is 0 Å². The average molecular weight is 286 g/mol. The predicted octanol–water partition coefficient (Wildman–Crippen LogP) is 3.07. The second-order valence-corrected chi connectivity index (χ2v) is 6.33. The Hall–Kier alpha value is -1.55. The molecule has 1 aliphatic heterocycles. The van der Waals surface area contributed by atoms with Crippen LogP contribution in [-0.4, -0.2) is 28.5 Å². The van der Waals surface area contributed by atoms with Crippen LogP contribution in [0, 0.1) is 5.92 Å². The van der Waals surface area contributed by atoms with Crippen LogP contribution in [0.5, 0.6) is 0 Å². The van der Waals surface area contributed by atoms with Gasteiger partial charge in [-0.25, -0.2) is 4.98 Å². The van der Waals surface area contributed by atoms with Gasteiger partial charge >= 0.3 is 0 Å². The molecule has 4 heteroatoms. The zero-order chi connectivity index (χ0) is 14.8. The van der Waals surface area contributed by atoms with Gasteiger partial charge in [0.15, 0.2) is 5.82 Å². The van der Waals surface area contributed by atoms with Crippen LogP contribution in [0.1, 0.15) is 39.3 Å². The van der Waals surface area contributed by atoms with Crippen molar-refractivity contribution in [2.75, 3.05) is 18.0 Å². The third-order valence-corrected chi connectivity index (χ3v) is 4.38. The topological polar surface area (TPSA) is 32.6 Å². The average Bonchev–Trinajstić information content (AvgIpc) is 2.99. The Balaban J connectivity index is 1.98. The lowest BCUT2D eigenvalue weighted by Crippen LogP contribution is -2.29. The number of pyridine rings is 1. The second-order valence-electron chi connectivity index (χ2n) is 6.33. The highest BCUT2D eigenvalue weighted by atomic mass is 15.3. The van der Waals surface area contributed by atoms with E-state index in [0.29, 0.717) is 6.04 Å². The van der Waals surface area contributed by atoms with Gasteiger partial charge in [-0.05, 0) is 44.4 Å². The molecular formula is C17H26N4. The summed E-state index contributed by atoms with van der Waals surface area (Å²) in [4.78, 5) is 7.39. The standard InChI is InChI=1S/C17H26N4/c1-4-8-18-11-15-17(21-12-13(2)10-14(21)3)19-16-7-5-6-9-20(15)16/h5-7,9,13-14,18H,4,8,10-12H2,1-3H3. The van der Waals surface area contributed by atoms with Gasteiger partial charge in [-0.3, -0.25) is 0 Å². The molecule has 3 rings (SSSR count). The first kappa shape index (κ1) is 14.4. The van der Waals surface area contributed by atoms with Gasteiger partial charge in [-0.15, -0.1) is 0 Å². The van der Waals surface area contributed by atoms with E-state index in [-0.39, 0.29) is 0 Å². The number of rotatable bonds is 5. The van der Waals surface area contributed by atoms with E-state index in [9.17, 15) is 0 Å². The van der Waals surface area contributed by atoms with Gasteiger partial charge in [-0.1, -0.05) is 19.9 Å². The van der Waals surface area contributed by atoms with E-state index in [2.05, 4.69) is 59.8 Å². The lowest BCUT2D eigenvalue weighted by atomic mass is 10.1. The van der Waals surface area contributed by atoms with E-state index in [1.807, 2.05) is 0 Å². The van der Waals surface area contributed by atoms with Crippen molar-refractivity contribution in [3.63, 3.8) is 0 Å². The number of hydrogen-bond donors (Lipinski definition) is 1. The molecule has 0 radical (unpaired) electrons. The van der Waals surface area contributed by atoms with Gasteiger partial charge in [0.05, 0.1) is 5.69 Å². The van der Waals surface area contributed by atoms with E-state index < -0.39 is 0 Å². The van der Waals surface area contributed by atoms with Crippen molar-refractivity contribution in [2.24, 2.45) is 5.92 Å². The summed E-state index contributed by atoms with van der Waals surface area (Å²) in [6.07, 6.45) is 4.54. The molecule has 0 bridgehead atoms. The number of anilines is 1. The highest BCUT2D eigenvalue weighted by Crippen LogP contribution is 2.31. The zero-order valence-corrected chi connectivity index (χ0v) is 13.3. The minimum atomic E-state index is 0.579. The minimum Gasteiger partial charge on any atom is -0.352 e. The smallest absolute Gasteiger partial charge is 0.152 e. The second kappa shape index (κ2) is 6.06. The van der Waals surface area contributed by atoms with Crippen LogP contribution >= 0.6 is 0 Å². The normalized spacial score (nSPS) is 22.3. The van der Waals surface area contributed by atoms with Gasteiger partial charge in [0.2, 0.25) is 0 Å². The Morgan fingerprint density at radius 3 is 2.90 bits per heavy atom. The predicted molar refractivity (Wildman–Crippen MR) is 87.8 cm³/mol. The van der Waals surface area contributed by atoms with Gasteiger partial charge in [0, 0.05) is 25.3 Å². The number of nitrogens with zero attached hydrogens (tertiary/aromatic N) is 3. The molecule has 21 heavy (non-hydrogen) atoms. The molecule has 114 valence electrons. The fourth-order valence-electron chi connectivity index (χ4n) is 3.41. The van der Waals surface area contributed by atoms with Gasteiger partial charge < -0.3 is 14.6 Å². The molecule has 2 aromatic rings. The SMILES string of the molecule is CCCNCc1c(N2CC(C)CC2C)nc2ccccn12. The van der Waals surface area contributed by atoms with Gasteiger partial charge in [-0.2, -0.15) is 0 Å². The number of imidazole rings is 1. The highest BCUT2D eigenvalue weighted by molar-refractivity contribution is 5.57. The molecule has 0 spiro atoms. The third-order valence-electron chi connectivity index (χ3n) is 4.38. The summed E-state index contributed by atoms with van der Waals surface area (Å²) in [5, 5.41) is 3.53. The summed E-state index contributed by atoms with van der Waals surface area (Å²) in [5.74, 6) is 1.92. The summed E-state index contributed by atoms with van der Waals surface area (Å²) in [6, 6.07) is 6.81. The van der Waals surface area contributed by atoms with Crippen LogP contribution in [0.3, 0.4) is 0 Å². The van der Waals surface area contributed by atoms with E-state index in [4.69, 9.17) is 4.98 Å². The first-order valence-corrected chi connectivity index (χ1v) is 8.14. The molecule has 1 fully saturated rings. The van der Waals surface area contributed by atoms with Crippen LogP contribution in [0.25, 0.3) is 5.65 Å². The highest BCUT2D eigenvalue weighted by Gasteiger charge is 2.30. The maximum Gasteiger partial charge on any atom is 0.152 e. The summed E-state index contributed by atoms with van der Waals surface area (Å²) < 4.78 is 2.23. The van der Waals surface area contributed by atoms with Gasteiger partial charge in [0.1, 0.15) is 5.65 Å². The van der Waals surface area contributed by atoms with Crippen LogP contribution < -0.4 is 10.2 Å². The Bertz CT molecular complexity index is 604. The fraction of sp³-hybridized carbons (Fsp3) is 0.588. The summed E-state index contributed by atoms with van der Waals surface area (Å²) >= 11 is 0. The first-order valence-electron chi connectivity index (χ1n) is 8.14. The molecule has 2 atom stereocenters. The molecule has 0 saturated carbocycles. The lowest BCUT2D eigenvalue weighted by Gasteiger charge is -2.23.